The second kappa shape index (κ2) is 11.3. The SMILES string of the molecule is Cc1ccc(S(=O)(=O)OS(c2ccccc2)(c2ccccc2)c2c(C(C)(C)C)cc(C(C)(C)C)cc2C(C)(C)C)cc1. The Morgan fingerprint density at radius 3 is 1.29 bits per heavy atom. The average Bonchev–Trinajstić information content (AvgIpc) is 2.91. The zero-order chi connectivity index (χ0) is 31.1. The first-order valence-electron chi connectivity index (χ1n) is 14.5. The number of aryl methyl sites for hydroxylation is 1. The summed E-state index contributed by atoms with van der Waals surface area (Å²) >= 11 is 0. The highest BCUT2D eigenvalue weighted by Gasteiger charge is 2.44. The molecule has 0 atom stereocenters. The molecule has 0 aliphatic carbocycles. The fourth-order valence-corrected chi connectivity index (χ4v) is 11.0. The molecule has 0 saturated heterocycles. The van der Waals surface area contributed by atoms with Crippen molar-refractivity contribution >= 4 is 20.4 Å². The van der Waals surface area contributed by atoms with Crippen LogP contribution in [-0.4, -0.2) is 8.42 Å². The van der Waals surface area contributed by atoms with E-state index in [9.17, 15) is 8.42 Å². The minimum absolute atomic E-state index is 0.106. The molecule has 42 heavy (non-hydrogen) atoms. The summed E-state index contributed by atoms with van der Waals surface area (Å²) in [4.78, 5) is 2.79. The minimum Gasteiger partial charge on any atom is -0.203 e. The molecular formula is C37H46O3S2. The van der Waals surface area contributed by atoms with Crippen molar-refractivity contribution in [2.24, 2.45) is 0 Å². The zero-order valence-corrected chi connectivity index (χ0v) is 28.4. The Labute approximate surface area is 256 Å². The van der Waals surface area contributed by atoms with Crippen molar-refractivity contribution in [1.82, 2.24) is 0 Å². The number of hydrogen-bond donors (Lipinski definition) is 0. The molecule has 0 amide bonds. The van der Waals surface area contributed by atoms with Crippen LogP contribution in [0.15, 0.2) is 117 Å². The van der Waals surface area contributed by atoms with Crippen molar-refractivity contribution in [3.05, 3.63) is 119 Å². The quantitative estimate of drug-likeness (QED) is 0.220. The average molecular weight is 603 g/mol. The van der Waals surface area contributed by atoms with Gasteiger partial charge in [-0.15, -0.1) is 0 Å². The van der Waals surface area contributed by atoms with Gasteiger partial charge in [0.15, 0.2) is 0 Å². The first kappa shape index (κ1) is 32.1. The van der Waals surface area contributed by atoms with Crippen LogP contribution in [0.2, 0.25) is 0 Å². The van der Waals surface area contributed by atoms with Gasteiger partial charge < -0.3 is 0 Å². The van der Waals surface area contributed by atoms with Crippen molar-refractivity contribution in [3.63, 3.8) is 0 Å². The number of benzene rings is 4. The van der Waals surface area contributed by atoms with Gasteiger partial charge in [0.25, 0.3) is 0 Å². The van der Waals surface area contributed by atoms with Crippen LogP contribution in [-0.2, 0) is 30.0 Å². The van der Waals surface area contributed by atoms with E-state index in [0.29, 0.717) is 0 Å². The largest absolute Gasteiger partial charge is 0.307 e. The third-order valence-corrected chi connectivity index (χ3v) is 12.8. The van der Waals surface area contributed by atoms with E-state index in [1.807, 2.05) is 79.7 Å². The van der Waals surface area contributed by atoms with Crippen LogP contribution in [0.25, 0.3) is 0 Å². The predicted molar refractivity (Wildman–Crippen MR) is 177 cm³/mol. The lowest BCUT2D eigenvalue weighted by Gasteiger charge is -2.46. The highest BCUT2D eigenvalue weighted by Crippen LogP contribution is 2.73. The maximum Gasteiger partial charge on any atom is 0.307 e. The Kier molecular flexibility index (Phi) is 8.65. The standard InChI is InChI=1S/C37H46O3S2/c1-27-21-23-31(24-22-27)42(38,39)40-41(29-17-13-11-14-18-29,30-19-15-12-16-20-30)34-32(36(5,6)7)25-28(35(2,3)4)26-33(34)37(8,9)10/h11-26H,1-10H3. The van der Waals surface area contributed by atoms with Gasteiger partial charge >= 0.3 is 10.1 Å². The molecule has 0 bridgehead atoms. The molecule has 0 unspecified atom stereocenters. The topological polar surface area (TPSA) is 43.4 Å². The van der Waals surface area contributed by atoms with Crippen LogP contribution in [0, 0.1) is 6.92 Å². The van der Waals surface area contributed by atoms with Gasteiger partial charge in [0.2, 0.25) is 0 Å². The van der Waals surface area contributed by atoms with Crippen LogP contribution >= 0.6 is 10.3 Å². The Hall–Kier alpha value is -2.86. The Bertz CT molecular complexity index is 1560. The van der Waals surface area contributed by atoms with Gasteiger partial charge in [0, 0.05) is 14.7 Å². The monoisotopic (exact) mass is 602 g/mol. The molecule has 0 aliphatic heterocycles. The molecule has 0 fully saturated rings. The summed E-state index contributed by atoms with van der Waals surface area (Å²) in [5.74, 6) is 0. The van der Waals surface area contributed by atoms with Crippen molar-refractivity contribution in [2.75, 3.05) is 0 Å². The van der Waals surface area contributed by atoms with Crippen LogP contribution in [0.3, 0.4) is 0 Å². The van der Waals surface area contributed by atoms with Crippen LogP contribution in [0.1, 0.15) is 84.6 Å². The van der Waals surface area contributed by atoms with Gasteiger partial charge in [-0.3, -0.25) is 0 Å². The highest BCUT2D eigenvalue weighted by atomic mass is 32.3. The number of rotatable bonds is 6. The van der Waals surface area contributed by atoms with E-state index >= 15 is 0 Å². The summed E-state index contributed by atoms with van der Waals surface area (Å²) < 4.78 is 35.7. The van der Waals surface area contributed by atoms with E-state index < -0.39 is 20.4 Å². The maximum atomic E-state index is 14.4. The van der Waals surface area contributed by atoms with Gasteiger partial charge in [-0.05, 0) is 86.6 Å². The highest BCUT2D eigenvalue weighted by molar-refractivity contribution is 8.33. The van der Waals surface area contributed by atoms with Crippen molar-refractivity contribution in [3.8, 4) is 0 Å². The van der Waals surface area contributed by atoms with Gasteiger partial charge in [0.05, 0.1) is 4.90 Å². The van der Waals surface area contributed by atoms with Crippen LogP contribution in [0.5, 0.6) is 0 Å². The molecular weight excluding hydrogens is 557 g/mol. The molecule has 3 nitrogen and oxygen atoms in total. The molecule has 0 radical (unpaired) electrons. The van der Waals surface area contributed by atoms with E-state index in [1.165, 1.54) is 5.56 Å². The van der Waals surface area contributed by atoms with E-state index in [-0.39, 0.29) is 21.1 Å². The van der Waals surface area contributed by atoms with Gasteiger partial charge in [-0.1, -0.05) is 129 Å². The molecule has 0 saturated carbocycles. The van der Waals surface area contributed by atoms with E-state index in [1.54, 1.807) is 12.1 Å². The second-order valence-electron chi connectivity index (χ2n) is 14.2. The lowest BCUT2D eigenvalue weighted by molar-refractivity contribution is 0.498. The molecule has 0 spiro atoms. The third kappa shape index (κ3) is 6.39. The zero-order valence-electron chi connectivity index (χ0n) is 26.8. The van der Waals surface area contributed by atoms with Crippen molar-refractivity contribution in [2.45, 2.75) is 105 Å². The summed E-state index contributed by atoms with van der Waals surface area (Å²) in [6.07, 6.45) is 0. The molecule has 4 aromatic carbocycles. The normalized spacial score (nSPS) is 13.7. The summed E-state index contributed by atoms with van der Waals surface area (Å²) in [6.45, 7) is 21.9. The first-order valence-corrected chi connectivity index (χ1v) is 17.5. The second-order valence-corrected chi connectivity index (χ2v) is 18.6. The van der Waals surface area contributed by atoms with Gasteiger partial charge in [0.1, 0.15) is 0 Å². The van der Waals surface area contributed by atoms with Gasteiger partial charge in [-0.2, -0.15) is 8.42 Å². The molecule has 0 N–H and O–H groups in total. The Morgan fingerprint density at radius 1 is 0.524 bits per heavy atom. The molecule has 0 heterocycles. The summed E-state index contributed by atoms with van der Waals surface area (Å²) in [5.41, 5.74) is 3.68. The van der Waals surface area contributed by atoms with Crippen molar-refractivity contribution < 1.29 is 12.0 Å². The summed E-state index contributed by atoms with van der Waals surface area (Å²) in [5, 5.41) is 0. The molecule has 0 aromatic heterocycles. The molecule has 4 aromatic rings. The fourth-order valence-electron chi connectivity index (χ4n) is 5.07. The van der Waals surface area contributed by atoms with Crippen molar-refractivity contribution in [1.29, 1.82) is 0 Å². The minimum atomic E-state index is -4.21. The Morgan fingerprint density at radius 2 is 0.929 bits per heavy atom. The van der Waals surface area contributed by atoms with E-state index in [0.717, 1.165) is 31.4 Å². The van der Waals surface area contributed by atoms with Crippen LogP contribution in [0.4, 0.5) is 0 Å². The summed E-state index contributed by atoms with van der Waals surface area (Å²) in [6, 6.07) is 31.4. The smallest absolute Gasteiger partial charge is 0.203 e. The molecule has 0 aliphatic rings. The summed E-state index contributed by atoms with van der Waals surface area (Å²) in [7, 11) is -7.03. The number of hydrogen-bond acceptors (Lipinski definition) is 3. The van der Waals surface area contributed by atoms with E-state index in [2.05, 4.69) is 74.4 Å². The lowest BCUT2D eigenvalue weighted by Crippen LogP contribution is -2.27. The fraction of sp³-hybridized carbons (Fsp3) is 0.351. The lowest BCUT2D eigenvalue weighted by atomic mass is 9.75. The first-order chi connectivity index (χ1) is 19.4. The molecule has 4 rings (SSSR count). The third-order valence-electron chi connectivity index (χ3n) is 7.51. The van der Waals surface area contributed by atoms with E-state index in [4.69, 9.17) is 3.63 Å². The van der Waals surface area contributed by atoms with Crippen LogP contribution < -0.4 is 0 Å². The molecule has 224 valence electrons. The molecule has 5 heteroatoms. The van der Waals surface area contributed by atoms with Gasteiger partial charge in [-0.25, -0.2) is 3.63 Å². The maximum absolute atomic E-state index is 14.4. The predicted octanol–water partition coefficient (Wildman–Crippen LogP) is 10.5. The Balaban J connectivity index is 2.28.